The van der Waals surface area contributed by atoms with Crippen molar-refractivity contribution in [1.29, 1.82) is 0 Å². The number of hydrogen-bond donors (Lipinski definition) is 2. The van der Waals surface area contributed by atoms with E-state index in [4.69, 9.17) is 19.4 Å². The first kappa shape index (κ1) is 37.8. The average Bonchev–Trinajstić information content (AvgIpc) is 3.99. The number of nitrogens with zero attached hydrogens (tertiary/aromatic N) is 4. The zero-order valence-electron chi connectivity index (χ0n) is 34.0. The van der Waals surface area contributed by atoms with Crippen molar-refractivity contribution in [2.75, 3.05) is 13.1 Å². The van der Waals surface area contributed by atoms with Crippen LogP contribution in [-0.2, 0) is 9.47 Å². The molecule has 56 heavy (non-hydrogen) atoms. The minimum absolute atomic E-state index is 0.125. The fourth-order valence-electron chi connectivity index (χ4n) is 9.44. The average molecular weight is 757 g/mol. The Kier molecular flexibility index (Phi) is 9.74. The van der Waals surface area contributed by atoms with E-state index in [-0.39, 0.29) is 24.3 Å². The number of H-pyrrole nitrogens is 2. The van der Waals surface area contributed by atoms with Crippen molar-refractivity contribution in [2.45, 2.75) is 117 Å². The molecule has 4 atom stereocenters. The maximum atomic E-state index is 13.1. The number of aromatic amines is 2. The monoisotopic (exact) mass is 756 g/mol. The lowest BCUT2D eigenvalue weighted by Crippen LogP contribution is -2.36. The topological polar surface area (TPSA) is 116 Å². The van der Waals surface area contributed by atoms with Crippen LogP contribution >= 0.6 is 0 Å². The molecule has 2 saturated heterocycles. The molecule has 2 amide bonds. The van der Waals surface area contributed by atoms with Gasteiger partial charge in [-0.3, -0.25) is 9.80 Å². The number of amides is 2. The third-order valence-corrected chi connectivity index (χ3v) is 11.9. The van der Waals surface area contributed by atoms with Gasteiger partial charge in [-0.1, -0.05) is 43.0 Å². The van der Waals surface area contributed by atoms with E-state index in [9.17, 15) is 9.59 Å². The summed E-state index contributed by atoms with van der Waals surface area (Å²) in [5, 5.41) is 0. The van der Waals surface area contributed by atoms with Gasteiger partial charge in [0, 0.05) is 18.7 Å². The lowest BCUT2D eigenvalue weighted by atomic mass is 9.81. The number of imidazole rings is 2. The first-order valence-electron chi connectivity index (χ1n) is 20.4. The number of allylic oxidation sites excluding steroid dienone is 5. The molecule has 4 aromatic rings. The summed E-state index contributed by atoms with van der Waals surface area (Å²) in [6, 6.07) is 15.0. The summed E-state index contributed by atoms with van der Waals surface area (Å²) in [4.78, 5) is 46.5. The molecule has 0 spiro atoms. The Morgan fingerprint density at radius 2 is 1.38 bits per heavy atom. The van der Waals surface area contributed by atoms with E-state index in [1.54, 1.807) is 4.90 Å². The molecule has 2 saturated carbocycles. The molecule has 2 aliphatic carbocycles. The van der Waals surface area contributed by atoms with Gasteiger partial charge in [-0.25, -0.2) is 19.6 Å². The maximum absolute atomic E-state index is 13.1. The Morgan fingerprint density at radius 1 is 0.786 bits per heavy atom. The molecular formula is C46H56N6O4. The molecule has 0 radical (unpaired) electrons. The summed E-state index contributed by atoms with van der Waals surface area (Å²) in [6.45, 7) is 19.3. The van der Waals surface area contributed by atoms with Crippen LogP contribution in [-0.4, -0.2) is 66.2 Å². The van der Waals surface area contributed by atoms with Crippen molar-refractivity contribution < 1.29 is 19.1 Å². The smallest absolute Gasteiger partial charge is 0.410 e. The first-order valence-corrected chi connectivity index (χ1v) is 20.4. The van der Waals surface area contributed by atoms with Gasteiger partial charge in [0.15, 0.2) is 0 Å². The van der Waals surface area contributed by atoms with Gasteiger partial charge in [-0.15, -0.1) is 0 Å². The summed E-state index contributed by atoms with van der Waals surface area (Å²) in [5.41, 5.74) is 10.4. The molecule has 10 nitrogen and oxygen atoms in total. The van der Waals surface area contributed by atoms with E-state index < -0.39 is 11.2 Å². The first-order chi connectivity index (χ1) is 26.7. The van der Waals surface area contributed by atoms with Gasteiger partial charge in [-0.2, -0.15) is 0 Å². The van der Waals surface area contributed by atoms with Gasteiger partial charge in [-0.05, 0) is 151 Å². The minimum atomic E-state index is -0.550. The Labute approximate surface area is 330 Å². The number of carbonyl (C=O) groups is 2. The summed E-state index contributed by atoms with van der Waals surface area (Å²) >= 11 is 0. The zero-order valence-corrected chi connectivity index (χ0v) is 34.0. The van der Waals surface area contributed by atoms with Gasteiger partial charge in [0.25, 0.3) is 0 Å². The fraction of sp³-hybridized carbons (Fsp3) is 0.478. The SMILES string of the molecule is C=CC(=C1/C(=C(\C)c2ccc(-c3ccc4nc([C@@H]5CCCN5C(=O)OC(C)(C)C)[nH]c4c3)cc2)C2CCC1C2)c1cnc([C@@H]2CCCN2C(=O)OC(C)(C)C)[nH]1. The summed E-state index contributed by atoms with van der Waals surface area (Å²) in [5.74, 6) is 2.61. The van der Waals surface area contributed by atoms with Crippen molar-refractivity contribution in [3.8, 4) is 11.1 Å². The molecule has 2 aromatic carbocycles. The highest BCUT2D eigenvalue weighted by Gasteiger charge is 2.43. The molecular weight excluding hydrogens is 701 g/mol. The van der Waals surface area contributed by atoms with Crippen molar-refractivity contribution in [3.63, 3.8) is 0 Å². The molecule has 4 heterocycles. The van der Waals surface area contributed by atoms with E-state index in [1.165, 1.54) is 35.1 Å². The van der Waals surface area contributed by atoms with Crippen LogP contribution in [0.5, 0.6) is 0 Å². The highest BCUT2D eigenvalue weighted by atomic mass is 16.6. The van der Waals surface area contributed by atoms with Crippen molar-refractivity contribution >= 4 is 34.4 Å². The van der Waals surface area contributed by atoms with E-state index >= 15 is 0 Å². The van der Waals surface area contributed by atoms with Crippen LogP contribution < -0.4 is 0 Å². The van der Waals surface area contributed by atoms with E-state index in [1.807, 2.05) is 58.7 Å². The molecule has 4 aliphatic rings. The molecule has 2 N–H and O–H groups in total. The Hall–Kier alpha value is -5.12. The number of hydrogen-bond acceptors (Lipinski definition) is 6. The largest absolute Gasteiger partial charge is 0.444 e. The van der Waals surface area contributed by atoms with Crippen LogP contribution in [0.2, 0.25) is 0 Å². The number of rotatable bonds is 6. The number of benzene rings is 2. The van der Waals surface area contributed by atoms with Crippen LogP contribution in [0.4, 0.5) is 9.59 Å². The second-order valence-electron chi connectivity index (χ2n) is 18.1. The van der Waals surface area contributed by atoms with Gasteiger partial charge in [0.1, 0.15) is 22.9 Å². The molecule has 10 heteroatoms. The predicted octanol–water partition coefficient (Wildman–Crippen LogP) is 10.9. The van der Waals surface area contributed by atoms with Gasteiger partial charge >= 0.3 is 12.2 Å². The number of carbonyl (C=O) groups excluding carboxylic acids is 2. The van der Waals surface area contributed by atoms with Gasteiger partial charge < -0.3 is 19.4 Å². The molecule has 2 aromatic heterocycles. The number of nitrogens with one attached hydrogen (secondary N) is 2. The standard InChI is InChI=1S/C46H56N6O4/c1-9-33(36-26-47-41(50-36)37-12-10-22-51(37)43(53)55-45(3,4)5)40-32-19-18-31(24-32)39(40)27(2)28-14-16-29(17-15-28)30-20-21-34-35(25-30)49-42(48-34)38-13-11-23-52(38)44(54)56-46(6,7)8/h9,14-17,20-21,25-26,31-32,37-38H,1,10-13,18-19,22-24H2,2-8H3,(H,47,50)(H,48,49)/b39-27+,40-33?/t31?,32?,37-,38-/m0/s1. The summed E-state index contributed by atoms with van der Waals surface area (Å²) in [6.07, 6.45) is 10.4. The molecule has 4 fully saturated rings. The van der Waals surface area contributed by atoms with Crippen LogP contribution in [0.25, 0.3) is 33.3 Å². The Bertz CT molecular complexity index is 2230. The van der Waals surface area contributed by atoms with Crippen LogP contribution in [0.3, 0.4) is 0 Å². The lowest BCUT2D eigenvalue weighted by molar-refractivity contribution is 0.0208. The van der Waals surface area contributed by atoms with Crippen molar-refractivity contribution in [1.82, 2.24) is 29.7 Å². The third kappa shape index (κ3) is 7.30. The van der Waals surface area contributed by atoms with E-state index in [2.05, 4.69) is 65.9 Å². The molecule has 294 valence electrons. The maximum Gasteiger partial charge on any atom is 0.410 e. The van der Waals surface area contributed by atoms with Crippen LogP contribution in [0, 0.1) is 11.8 Å². The van der Waals surface area contributed by atoms with Crippen molar-refractivity contribution in [2.24, 2.45) is 11.8 Å². The van der Waals surface area contributed by atoms with Crippen LogP contribution in [0.1, 0.15) is 128 Å². The summed E-state index contributed by atoms with van der Waals surface area (Å²) < 4.78 is 11.4. The van der Waals surface area contributed by atoms with Crippen molar-refractivity contribution in [3.05, 3.63) is 95.4 Å². The normalized spacial score (nSPS) is 24.3. The molecule has 2 aliphatic heterocycles. The molecule has 2 bridgehead atoms. The molecule has 2 unspecified atom stereocenters. The molecule has 8 rings (SSSR count). The number of fused-ring (bicyclic) bond motifs is 3. The quantitative estimate of drug-likeness (QED) is 0.202. The number of ether oxygens (including phenoxy) is 2. The minimum Gasteiger partial charge on any atom is -0.444 e. The third-order valence-electron chi connectivity index (χ3n) is 11.9. The van der Waals surface area contributed by atoms with Gasteiger partial charge in [0.2, 0.25) is 0 Å². The fourth-order valence-corrected chi connectivity index (χ4v) is 9.44. The van der Waals surface area contributed by atoms with Crippen LogP contribution in [0.15, 0.2) is 72.5 Å². The van der Waals surface area contributed by atoms with E-state index in [0.29, 0.717) is 24.9 Å². The number of likely N-dealkylation sites (tertiary alicyclic amines) is 2. The highest BCUT2D eigenvalue weighted by molar-refractivity contribution is 5.86. The second kappa shape index (κ2) is 14.4. The van der Waals surface area contributed by atoms with Gasteiger partial charge in [0.05, 0.1) is 35.0 Å². The highest BCUT2D eigenvalue weighted by Crippen LogP contribution is 2.56. The lowest BCUT2D eigenvalue weighted by Gasteiger charge is -2.27. The Balaban J connectivity index is 1.04. The second-order valence-corrected chi connectivity index (χ2v) is 18.1. The Morgan fingerprint density at radius 3 is 1.98 bits per heavy atom. The predicted molar refractivity (Wildman–Crippen MR) is 220 cm³/mol. The summed E-state index contributed by atoms with van der Waals surface area (Å²) in [7, 11) is 0. The number of aromatic nitrogens is 4. The zero-order chi connectivity index (χ0) is 39.5. The van der Waals surface area contributed by atoms with E-state index in [0.717, 1.165) is 77.2 Å².